The van der Waals surface area contributed by atoms with E-state index in [2.05, 4.69) is 41.6 Å². The molecule has 0 aromatic carbocycles. The summed E-state index contributed by atoms with van der Waals surface area (Å²) < 4.78 is 39.4. The van der Waals surface area contributed by atoms with Gasteiger partial charge in [0.05, 0.1) is 10.2 Å². The van der Waals surface area contributed by atoms with E-state index in [4.69, 9.17) is 0 Å². The van der Waals surface area contributed by atoms with E-state index in [1.54, 1.807) is 6.07 Å². The molecule has 0 aliphatic carbocycles. The highest BCUT2D eigenvalue weighted by Gasteiger charge is 2.32. The smallest absolute Gasteiger partial charge is 0.387 e. The van der Waals surface area contributed by atoms with Gasteiger partial charge >= 0.3 is 6.36 Å². The summed E-state index contributed by atoms with van der Waals surface area (Å²) >= 11 is 5.99. The molecule has 0 fully saturated rings. The molecular weight excluding hydrogens is 331 g/mol. The van der Waals surface area contributed by atoms with E-state index in [-0.39, 0.29) is 4.47 Å². The van der Waals surface area contributed by atoms with Crippen LogP contribution in [-0.2, 0) is 5.33 Å². The van der Waals surface area contributed by atoms with Gasteiger partial charge in [-0.25, -0.2) is 4.98 Å². The fraction of sp³-hybridized carbons (Fsp3) is 0.286. The maximum Gasteiger partial charge on any atom is 0.574 e. The summed E-state index contributed by atoms with van der Waals surface area (Å²) in [6, 6.07) is 3.03. The summed E-state index contributed by atoms with van der Waals surface area (Å²) in [5, 5.41) is 0.370. The summed E-state index contributed by atoms with van der Waals surface area (Å²) in [5.41, 5.74) is 0.465. The predicted molar refractivity (Wildman–Crippen MR) is 51.3 cm³/mol. The van der Waals surface area contributed by atoms with Crippen LogP contribution in [0.3, 0.4) is 0 Å². The fourth-order valence-corrected chi connectivity index (χ4v) is 1.33. The monoisotopic (exact) mass is 333 g/mol. The first kappa shape index (κ1) is 11.8. The zero-order valence-electron chi connectivity index (χ0n) is 6.61. The topological polar surface area (TPSA) is 22.1 Å². The predicted octanol–water partition coefficient (Wildman–Crippen LogP) is 3.64. The van der Waals surface area contributed by atoms with E-state index in [1.807, 2.05) is 0 Å². The van der Waals surface area contributed by atoms with E-state index in [0.717, 1.165) is 0 Å². The van der Waals surface area contributed by atoms with Gasteiger partial charge in [-0.1, -0.05) is 15.9 Å². The number of hydrogen-bond donors (Lipinski definition) is 0. The van der Waals surface area contributed by atoms with Crippen LogP contribution in [0.15, 0.2) is 16.6 Å². The van der Waals surface area contributed by atoms with Crippen LogP contribution < -0.4 is 4.74 Å². The first-order chi connectivity index (χ1) is 6.42. The van der Waals surface area contributed by atoms with Gasteiger partial charge < -0.3 is 4.74 Å². The Bertz CT molecular complexity index is 329. The van der Waals surface area contributed by atoms with Crippen molar-refractivity contribution >= 4 is 31.9 Å². The van der Waals surface area contributed by atoms with E-state index in [9.17, 15) is 13.2 Å². The van der Waals surface area contributed by atoms with Crippen molar-refractivity contribution in [2.24, 2.45) is 0 Å². The molecule has 0 radical (unpaired) electrons. The van der Waals surface area contributed by atoms with Crippen molar-refractivity contribution in [1.29, 1.82) is 0 Å². The van der Waals surface area contributed by atoms with Crippen LogP contribution in [0.1, 0.15) is 5.69 Å². The molecular formula is C7H4Br2F3NO. The number of rotatable bonds is 2. The Labute approximate surface area is 94.7 Å². The summed E-state index contributed by atoms with van der Waals surface area (Å²) in [5.74, 6) is -0.477. The summed E-state index contributed by atoms with van der Waals surface area (Å²) in [6.07, 6.45) is -4.72. The number of halogens is 5. The molecule has 0 amide bonds. The molecule has 2 nitrogen and oxygen atoms in total. The Morgan fingerprint density at radius 1 is 1.36 bits per heavy atom. The fourth-order valence-electron chi connectivity index (χ4n) is 0.717. The van der Waals surface area contributed by atoms with Gasteiger partial charge in [-0.05, 0) is 28.1 Å². The number of aromatic nitrogens is 1. The van der Waals surface area contributed by atoms with E-state index >= 15 is 0 Å². The number of alkyl halides is 4. The lowest BCUT2D eigenvalue weighted by Gasteiger charge is -2.09. The van der Waals surface area contributed by atoms with Crippen LogP contribution >= 0.6 is 31.9 Å². The Morgan fingerprint density at radius 3 is 2.50 bits per heavy atom. The molecule has 0 N–H and O–H groups in total. The second kappa shape index (κ2) is 4.48. The molecule has 0 unspecified atom stereocenters. The van der Waals surface area contributed by atoms with Crippen molar-refractivity contribution < 1.29 is 17.9 Å². The zero-order valence-corrected chi connectivity index (χ0v) is 9.78. The summed E-state index contributed by atoms with van der Waals surface area (Å²) in [4.78, 5) is 3.64. The highest BCUT2D eigenvalue weighted by atomic mass is 79.9. The number of ether oxygens (including phenoxy) is 1. The number of nitrogens with zero attached hydrogens (tertiary/aromatic N) is 1. The molecule has 0 saturated carbocycles. The lowest BCUT2D eigenvalue weighted by Crippen LogP contribution is -2.18. The Balaban J connectivity index is 2.95. The highest BCUT2D eigenvalue weighted by Crippen LogP contribution is 2.28. The van der Waals surface area contributed by atoms with Crippen molar-refractivity contribution in [3.8, 4) is 5.88 Å². The van der Waals surface area contributed by atoms with Gasteiger partial charge in [0.25, 0.3) is 0 Å². The molecule has 0 atom stereocenters. The van der Waals surface area contributed by atoms with Crippen molar-refractivity contribution in [3.63, 3.8) is 0 Å². The molecule has 14 heavy (non-hydrogen) atoms. The third kappa shape index (κ3) is 3.45. The average molecular weight is 335 g/mol. The lowest BCUT2D eigenvalue weighted by molar-refractivity contribution is -0.276. The molecule has 0 bridgehead atoms. The molecule has 7 heteroatoms. The third-order valence-corrected chi connectivity index (χ3v) is 2.40. The summed E-state index contributed by atoms with van der Waals surface area (Å²) in [7, 11) is 0. The molecule has 1 heterocycles. The SMILES string of the molecule is FC(F)(F)Oc1nc(CBr)ccc1Br. The van der Waals surface area contributed by atoms with Crippen molar-refractivity contribution in [2.45, 2.75) is 11.7 Å². The van der Waals surface area contributed by atoms with E-state index in [1.165, 1.54) is 6.07 Å². The standard InChI is InChI=1S/C7H4Br2F3NO/c8-3-4-1-2-5(9)6(13-4)14-7(10,11)12/h1-2H,3H2. The van der Waals surface area contributed by atoms with Gasteiger partial charge in [0, 0.05) is 5.33 Å². The minimum absolute atomic E-state index is 0.166. The van der Waals surface area contributed by atoms with Gasteiger partial charge in [-0.3, -0.25) is 0 Å². The first-order valence-electron chi connectivity index (χ1n) is 3.39. The van der Waals surface area contributed by atoms with Crippen LogP contribution in [0.2, 0.25) is 0 Å². The van der Waals surface area contributed by atoms with Crippen LogP contribution in [0, 0.1) is 0 Å². The minimum Gasteiger partial charge on any atom is -0.387 e. The van der Waals surface area contributed by atoms with Crippen LogP contribution in [0.5, 0.6) is 5.88 Å². The summed E-state index contributed by atoms with van der Waals surface area (Å²) in [6.45, 7) is 0. The molecule has 0 aliphatic heterocycles. The average Bonchev–Trinajstić information content (AvgIpc) is 2.06. The van der Waals surface area contributed by atoms with Crippen molar-refractivity contribution in [1.82, 2.24) is 4.98 Å². The van der Waals surface area contributed by atoms with Crippen molar-refractivity contribution in [2.75, 3.05) is 0 Å². The van der Waals surface area contributed by atoms with Crippen molar-refractivity contribution in [3.05, 3.63) is 22.3 Å². The zero-order chi connectivity index (χ0) is 10.8. The van der Waals surface area contributed by atoms with Gasteiger partial charge in [-0.15, -0.1) is 13.2 Å². The quantitative estimate of drug-likeness (QED) is 0.770. The Kier molecular flexibility index (Phi) is 3.77. The molecule has 0 saturated heterocycles. The van der Waals surface area contributed by atoms with Crippen LogP contribution in [-0.4, -0.2) is 11.3 Å². The Hall–Kier alpha value is -0.300. The van der Waals surface area contributed by atoms with Crippen LogP contribution in [0.4, 0.5) is 13.2 Å². The van der Waals surface area contributed by atoms with Crippen LogP contribution in [0.25, 0.3) is 0 Å². The number of hydrogen-bond acceptors (Lipinski definition) is 2. The molecule has 78 valence electrons. The lowest BCUT2D eigenvalue weighted by atomic mass is 10.4. The Morgan fingerprint density at radius 2 is 2.00 bits per heavy atom. The highest BCUT2D eigenvalue weighted by molar-refractivity contribution is 9.10. The first-order valence-corrected chi connectivity index (χ1v) is 5.31. The third-order valence-electron chi connectivity index (χ3n) is 1.22. The maximum atomic E-state index is 11.9. The van der Waals surface area contributed by atoms with Gasteiger partial charge in [0.1, 0.15) is 0 Å². The molecule has 1 rings (SSSR count). The van der Waals surface area contributed by atoms with Gasteiger partial charge in [0.15, 0.2) is 0 Å². The minimum atomic E-state index is -4.72. The van der Waals surface area contributed by atoms with Gasteiger partial charge in [0.2, 0.25) is 5.88 Å². The molecule has 1 aromatic rings. The molecule has 0 spiro atoms. The van der Waals surface area contributed by atoms with Gasteiger partial charge in [-0.2, -0.15) is 0 Å². The molecule has 1 aromatic heterocycles. The number of pyridine rings is 1. The second-order valence-corrected chi connectivity index (χ2v) is 3.69. The molecule has 0 aliphatic rings. The normalized spacial score (nSPS) is 11.5. The van der Waals surface area contributed by atoms with E-state index in [0.29, 0.717) is 11.0 Å². The maximum absolute atomic E-state index is 11.9. The largest absolute Gasteiger partial charge is 0.574 e. The second-order valence-electron chi connectivity index (χ2n) is 2.27. The van der Waals surface area contributed by atoms with E-state index < -0.39 is 12.2 Å².